The number of amides is 2. The minimum Gasteiger partial charge on any atom is -0.325 e. The molecule has 1 aliphatic heterocycles. The highest BCUT2D eigenvalue weighted by molar-refractivity contribution is 6.20. The fraction of sp³-hybridized carbons (Fsp3) is 0.222. The van der Waals surface area contributed by atoms with Gasteiger partial charge in [0.25, 0.3) is 0 Å². The van der Waals surface area contributed by atoms with Crippen LogP contribution in [0.3, 0.4) is 0 Å². The van der Waals surface area contributed by atoms with E-state index in [1.807, 2.05) is 56.3 Å². The van der Waals surface area contributed by atoms with Crippen molar-refractivity contribution in [1.29, 1.82) is 0 Å². The number of nitrogens with one attached hydrogen (secondary N) is 1. The van der Waals surface area contributed by atoms with Crippen molar-refractivity contribution in [3.05, 3.63) is 59.2 Å². The van der Waals surface area contributed by atoms with Crippen molar-refractivity contribution in [2.24, 2.45) is 0 Å². The van der Waals surface area contributed by atoms with Crippen LogP contribution < -0.4 is 10.2 Å². The first kappa shape index (κ1) is 14.3. The predicted octanol–water partition coefficient (Wildman–Crippen LogP) is 3.00. The zero-order valence-corrected chi connectivity index (χ0v) is 12.9. The number of fused-ring (bicyclic) bond motifs is 1. The average molecular weight is 294 g/mol. The molecule has 0 aliphatic carbocycles. The molecule has 0 unspecified atom stereocenters. The third kappa shape index (κ3) is 2.26. The van der Waals surface area contributed by atoms with E-state index < -0.39 is 5.92 Å². The van der Waals surface area contributed by atoms with Crippen LogP contribution in [0.1, 0.15) is 22.6 Å². The Bertz CT molecular complexity index is 767. The summed E-state index contributed by atoms with van der Waals surface area (Å²) in [5, 5.41) is 2.90. The number of carbonyl (C=O) groups excluding carboxylic acids is 2. The number of hydrogen-bond donors (Lipinski definition) is 1. The van der Waals surface area contributed by atoms with Crippen LogP contribution >= 0.6 is 0 Å². The summed E-state index contributed by atoms with van der Waals surface area (Å²) < 4.78 is 0. The maximum absolute atomic E-state index is 12.6. The molecule has 2 amide bonds. The van der Waals surface area contributed by atoms with Crippen LogP contribution in [-0.2, 0) is 9.59 Å². The summed E-state index contributed by atoms with van der Waals surface area (Å²) in [5.41, 5.74) is 4.36. The van der Waals surface area contributed by atoms with E-state index >= 15 is 0 Å². The van der Waals surface area contributed by atoms with Gasteiger partial charge in [0, 0.05) is 18.4 Å². The van der Waals surface area contributed by atoms with E-state index in [1.54, 1.807) is 11.9 Å². The van der Waals surface area contributed by atoms with Gasteiger partial charge in [-0.2, -0.15) is 0 Å². The van der Waals surface area contributed by atoms with Gasteiger partial charge in [-0.25, -0.2) is 0 Å². The summed E-state index contributed by atoms with van der Waals surface area (Å²) in [4.78, 5) is 26.6. The van der Waals surface area contributed by atoms with E-state index in [-0.39, 0.29) is 11.8 Å². The Balaban J connectivity index is 1.93. The molecular weight excluding hydrogens is 276 g/mol. The largest absolute Gasteiger partial charge is 0.325 e. The molecule has 1 N–H and O–H groups in total. The molecule has 0 saturated heterocycles. The van der Waals surface area contributed by atoms with Gasteiger partial charge in [0.15, 0.2) is 0 Å². The van der Waals surface area contributed by atoms with Crippen LogP contribution in [-0.4, -0.2) is 18.9 Å². The third-order valence-electron chi connectivity index (χ3n) is 4.10. The highest BCUT2D eigenvalue weighted by Gasteiger charge is 2.39. The molecule has 22 heavy (non-hydrogen) atoms. The molecule has 4 heteroatoms. The number of carbonyl (C=O) groups is 2. The summed E-state index contributed by atoms with van der Waals surface area (Å²) in [7, 11) is 1.70. The molecule has 0 spiro atoms. The lowest BCUT2D eigenvalue weighted by Gasteiger charge is -2.13. The van der Waals surface area contributed by atoms with Crippen molar-refractivity contribution >= 4 is 23.2 Å². The first-order valence-corrected chi connectivity index (χ1v) is 7.23. The summed E-state index contributed by atoms with van der Waals surface area (Å²) in [5.74, 6) is -1.25. The molecule has 0 fully saturated rings. The Morgan fingerprint density at radius 3 is 2.64 bits per heavy atom. The Labute approximate surface area is 129 Å². The molecule has 3 rings (SSSR count). The van der Waals surface area contributed by atoms with Crippen molar-refractivity contribution in [2.75, 3.05) is 17.3 Å². The molecular formula is C18H18N2O2. The molecule has 0 aromatic heterocycles. The minimum atomic E-state index is -0.777. The third-order valence-corrected chi connectivity index (χ3v) is 4.10. The molecule has 1 heterocycles. The number of hydrogen-bond acceptors (Lipinski definition) is 2. The molecule has 1 atom stereocenters. The molecule has 2 aromatic carbocycles. The maximum atomic E-state index is 12.6. The lowest BCUT2D eigenvalue weighted by Crippen LogP contribution is -2.31. The smallest absolute Gasteiger partial charge is 0.243 e. The van der Waals surface area contributed by atoms with Crippen LogP contribution in [0.4, 0.5) is 11.4 Å². The maximum Gasteiger partial charge on any atom is 0.243 e. The number of aryl methyl sites for hydroxylation is 2. The Hall–Kier alpha value is -2.62. The predicted molar refractivity (Wildman–Crippen MR) is 87.1 cm³/mol. The zero-order valence-electron chi connectivity index (χ0n) is 12.9. The van der Waals surface area contributed by atoms with Crippen molar-refractivity contribution in [3.8, 4) is 0 Å². The quantitative estimate of drug-likeness (QED) is 0.866. The second-order valence-electron chi connectivity index (χ2n) is 5.70. The van der Waals surface area contributed by atoms with Crippen molar-refractivity contribution in [3.63, 3.8) is 0 Å². The van der Waals surface area contributed by atoms with Gasteiger partial charge < -0.3 is 10.2 Å². The van der Waals surface area contributed by atoms with E-state index in [2.05, 4.69) is 5.32 Å². The Morgan fingerprint density at radius 2 is 1.86 bits per heavy atom. The van der Waals surface area contributed by atoms with E-state index in [1.165, 1.54) is 0 Å². The fourth-order valence-electron chi connectivity index (χ4n) is 2.81. The van der Waals surface area contributed by atoms with Gasteiger partial charge in [0.1, 0.15) is 5.92 Å². The summed E-state index contributed by atoms with van der Waals surface area (Å²) in [6.07, 6.45) is 0. The zero-order chi connectivity index (χ0) is 15.9. The van der Waals surface area contributed by atoms with Crippen LogP contribution in [0.25, 0.3) is 0 Å². The summed E-state index contributed by atoms with van der Waals surface area (Å²) in [6.45, 7) is 3.91. The van der Waals surface area contributed by atoms with Crippen LogP contribution in [0, 0.1) is 13.8 Å². The SMILES string of the molecule is Cc1ccc(C)c(NC(=O)[C@H]2C(=O)N(C)c3ccccc32)c1. The number of nitrogens with zero attached hydrogens (tertiary/aromatic N) is 1. The molecule has 0 bridgehead atoms. The van der Waals surface area contributed by atoms with E-state index in [9.17, 15) is 9.59 Å². The number of likely N-dealkylation sites (N-methyl/N-ethyl adjacent to an activating group) is 1. The molecule has 0 radical (unpaired) electrons. The highest BCUT2D eigenvalue weighted by atomic mass is 16.2. The number of benzene rings is 2. The number of para-hydroxylation sites is 1. The first-order valence-electron chi connectivity index (χ1n) is 7.23. The monoisotopic (exact) mass is 294 g/mol. The van der Waals surface area contributed by atoms with Crippen LogP contribution in [0.5, 0.6) is 0 Å². The van der Waals surface area contributed by atoms with Crippen molar-refractivity contribution in [1.82, 2.24) is 0 Å². The molecule has 1 aliphatic rings. The van der Waals surface area contributed by atoms with E-state index in [0.717, 1.165) is 28.1 Å². The van der Waals surface area contributed by atoms with Gasteiger partial charge in [-0.3, -0.25) is 9.59 Å². The second kappa shape index (κ2) is 5.30. The Kier molecular flexibility index (Phi) is 3.45. The Morgan fingerprint density at radius 1 is 1.14 bits per heavy atom. The molecule has 4 nitrogen and oxygen atoms in total. The number of rotatable bonds is 2. The standard InChI is InChI=1S/C18H18N2O2/c1-11-8-9-12(2)14(10-11)19-17(21)16-13-6-4-5-7-15(13)20(3)18(16)22/h4-10,16H,1-3H3,(H,19,21)/t16-/m0/s1. The topological polar surface area (TPSA) is 49.4 Å². The lowest BCUT2D eigenvalue weighted by atomic mass is 9.99. The summed E-state index contributed by atoms with van der Waals surface area (Å²) in [6, 6.07) is 13.3. The van der Waals surface area contributed by atoms with Gasteiger partial charge in [0.05, 0.1) is 0 Å². The van der Waals surface area contributed by atoms with Gasteiger partial charge >= 0.3 is 0 Å². The molecule has 0 saturated carbocycles. The molecule has 2 aromatic rings. The van der Waals surface area contributed by atoms with E-state index in [0.29, 0.717) is 0 Å². The normalized spacial score (nSPS) is 16.6. The van der Waals surface area contributed by atoms with E-state index in [4.69, 9.17) is 0 Å². The van der Waals surface area contributed by atoms with Crippen molar-refractivity contribution in [2.45, 2.75) is 19.8 Å². The van der Waals surface area contributed by atoms with Crippen molar-refractivity contribution < 1.29 is 9.59 Å². The van der Waals surface area contributed by atoms with Gasteiger partial charge in [0.2, 0.25) is 11.8 Å². The average Bonchev–Trinajstić information content (AvgIpc) is 2.75. The fourth-order valence-corrected chi connectivity index (χ4v) is 2.81. The van der Waals surface area contributed by atoms with Crippen LogP contribution in [0.2, 0.25) is 0 Å². The highest BCUT2D eigenvalue weighted by Crippen LogP contribution is 2.36. The van der Waals surface area contributed by atoms with Gasteiger partial charge in [-0.1, -0.05) is 30.3 Å². The summed E-state index contributed by atoms with van der Waals surface area (Å²) >= 11 is 0. The minimum absolute atomic E-state index is 0.191. The first-order chi connectivity index (χ1) is 10.5. The van der Waals surface area contributed by atoms with Gasteiger partial charge in [-0.15, -0.1) is 0 Å². The molecule has 112 valence electrons. The van der Waals surface area contributed by atoms with Gasteiger partial charge in [-0.05, 0) is 42.7 Å². The van der Waals surface area contributed by atoms with Crippen LogP contribution in [0.15, 0.2) is 42.5 Å². The number of anilines is 2. The lowest BCUT2D eigenvalue weighted by molar-refractivity contribution is -0.126. The second-order valence-corrected chi connectivity index (χ2v) is 5.70.